The molecule has 0 aliphatic carbocycles. The standard InChI is InChI=1S/C15H18N2O3/c1-10-6-13(16)14(20-9-19-2)7-12(10)15(18)11-4-3-5-17-8-11/h3-8,15,18H,9,16H2,1-2H3. The summed E-state index contributed by atoms with van der Waals surface area (Å²) in [5, 5.41) is 10.4. The largest absolute Gasteiger partial charge is 0.465 e. The lowest BCUT2D eigenvalue weighted by atomic mass is 9.97. The molecule has 0 radical (unpaired) electrons. The van der Waals surface area contributed by atoms with Gasteiger partial charge in [-0.25, -0.2) is 0 Å². The number of aryl methyl sites for hydroxylation is 1. The SMILES string of the molecule is COCOc1cc(C(O)c2cccnc2)c(C)cc1N. The van der Waals surface area contributed by atoms with Crippen LogP contribution >= 0.6 is 0 Å². The van der Waals surface area contributed by atoms with Gasteiger partial charge in [0.25, 0.3) is 0 Å². The fraction of sp³-hybridized carbons (Fsp3) is 0.267. The molecule has 1 unspecified atom stereocenters. The Morgan fingerprint density at radius 2 is 2.20 bits per heavy atom. The van der Waals surface area contributed by atoms with E-state index in [0.717, 1.165) is 16.7 Å². The van der Waals surface area contributed by atoms with Crippen molar-refractivity contribution in [2.75, 3.05) is 19.6 Å². The zero-order valence-electron chi connectivity index (χ0n) is 11.5. The van der Waals surface area contributed by atoms with Crippen LogP contribution in [0.4, 0.5) is 5.69 Å². The summed E-state index contributed by atoms with van der Waals surface area (Å²) >= 11 is 0. The smallest absolute Gasteiger partial charge is 0.188 e. The van der Waals surface area contributed by atoms with Crippen molar-refractivity contribution in [3.8, 4) is 5.75 Å². The molecule has 0 spiro atoms. The fourth-order valence-corrected chi connectivity index (χ4v) is 1.99. The number of nitrogen functional groups attached to an aromatic ring is 1. The normalized spacial score (nSPS) is 12.2. The summed E-state index contributed by atoms with van der Waals surface area (Å²) in [5.41, 5.74) is 8.76. The third-order valence-electron chi connectivity index (χ3n) is 3.03. The van der Waals surface area contributed by atoms with Crippen molar-refractivity contribution in [1.29, 1.82) is 0 Å². The van der Waals surface area contributed by atoms with Crippen LogP contribution in [-0.4, -0.2) is 24.0 Å². The summed E-state index contributed by atoms with van der Waals surface area (Å²) in [6.07, 6.45) is 2.53. The molecule has 0 saturated heterocycles. The molecule has 2 aromatic rings. The van der Waals surface area contributed by atoms with E-state index in [1.54, 1.807) is 30.6 Å². The van der Waals surface area contributed by atoms with Crippen molar-refractivity contribution in [3.63, 3.8) is 0 Å². The van der Waals surface area contributed by atoms with Gasteiger partial charge < -0.3 is 20.3 Å². The Balaban J connectivity index is 2.35. The molecular formula is C15H18N2O3. The van der Waals surface area contributed by atoms with Gasteiger partial charge in [-0.2, -0.15) is 0 Å². The Morgan fingerprint density at radius 1 is 1.40 bits per heavy atom. The van der Waals surface area contributed by atoms with E-state index < -0.39 is 6.10 Å². The Morgan fingerprint density at radius 3 is 2.85 bits per heavy atom. The summed E-state index contributed by atoms with van der Waals surface area (Å²) in [6, 6.07) is 7.12. The highest BCUT2D eigenvalue weighted by molar-refractivity contribution is 5.57. The van der Waals surface area contributed by atoms with Crippen LogP contribution in [-0.2, 0) is 4.74 Å². The van der Waals surface area contributed by atoms with Crippen molar-refractivity contribution in [1.82, 2.24) is 4.98 Å². The second-order valence-electron chi connectivity index (χ2n) is 4.49. The van der Waals surface area contributed by atoms with E-state index in [1.807, 2.05) is 13.0 Å². The van der Waals surface area contributed by atoms with Gasteiger partial charge in [0.1, 0.15) is 11.9 Å². The molecule has 0 aliphatic heterocycles. The molecule has 0 aliphatic rings. The van der Waals surface area contributed by atoms with Crippen LogP contribution in [0.15, 0.2) is 36.7 Å². The number of aromatic nitrogens is 1. The van der Waals surface area contributed by atoms with Crippen molar-refractivity contribution in [2.45, 2.75) is 13.0 Å². The lowest BCUT2D eigenvalue weighted by molar-refractivity contribution is 0.0514. The Hall–Kier alpha value is -2.11. The number of pyridine rings is 1. The first-order valence-electron chi connectivity index (χ1n) is 6.23. The molecule has 0 bridgehead atoms. The van der Waals surface area contributed by atoms with Gasteiger partial charge in [-0.3, -0.25) is 4.98 Å². The van der Waals surface area contributed by atoms with Crippen molar-refractivity contribution >= 4 is 5.69 Å². The van der Waals surface area contributed by atoms with Gasteiger partial charge in [0.15, 0.2) is 6.79 Å². The maximum atomic E-state index is 10.4. The number of methoxy groups -OCH3 is 1. The first-order chi connectivity index (χ1) is 9.63. The molecule has 0 saturated carbocycles. The number of anilines is 1. The van der Waals surface area contributed by atoms with Crippen LogP contribution in [0.3, 0.4) is 0 Å². The van der Waals surface area contributed by atoms with Gasteiger partial charge in [-0.15, -0.1) is 0 Å². The summed E-state index contributed by atoms with van der Waals surface area (Å²) in [5.74, 6) is 0.496. The molecule has 2 rings (SSSR count). The topological polar surface area (TPSA) is 77.6 Å². The molecular weight excluding hydrogens is 256 g/mol. The third kappa shape index (κ3) is 3.07. The van der Waals surface area contributed by atoms with Crippen LogP contribution in [0.5, 0.6) is 5.75 Å². The molecule has 0 amide bonds. The zero-order valence-corrected chi connectivity index (χ0v) is 11.5. The molecule has 20 heavy (non-hydrogen) atoms. The lowest BCUT2D eigenvalue weighted by Crippen LogP contribution is -2.07. The maximum Gasteiger partial charge on any atom is 0.188 e. The van der Waals surface area contributed by atoms with E-state index in [1.165, 1.54) is 7.11 Å². The van der Waals surface area contributed by atoms with Gasteiger partial charge >= 0.3 is 0 Å². The zero-order chi connectivity index (χ0) is 14.5. The molecule has 106 valence electrons. The lowest BCUT2D eigenvalue weighted by Gasteiger charge is -2.17. The number of benzene rings is 1. The first kappa shape index (κ1) is 14.3. The number of aliphatic hydroxyl groups excluding tert-OH is 1. The van der Waals surface area contributed by atoms with Crippen molar-refractivity contribution in [3.05, 3.63) is 53.3 Å². The minimum Gasteiger partial charge on any atom is -0.465 e. The Bertz CT molecular complexity index is 573. The number of ether oxygens (including phenoxy) is 2. The van der Waals surface area contributed by atoms with Gasteiger partial charge in [-0.1, -0.05) is 6.07 Å². The highest BCUT2D eigenvalue weighted by Gasteiger charge is 2.16. The van der Waals surface area contributed by atoms with E-state index in [4.69, 9.17) is 15.2 Å². The highest BCUT2D eigenvalue weighted by atomic mass is 16.7. The van der Waals surface area contributed by atoms with E-state index >= 15 is 0 Å². The number of aliphatic hydroxyl groups is 1. The molecule has 1 heterocycles. The average Bonchev–Trinajstić information content (AvgIpc) is 2.47. The van der Waals surface area contributed by atoms with Crippen molar-refractivity contribution < 1.29 is 14.6 Å². The number of nitrogens with two attached hydrogens (primary N) is 1. The Labute approximate surface area is 118 Å². The van der Waals surface area contributed by atoms with Crippen LogP contribution in [0.25, 0.3) is 0 Å². The van der Waals surface area contributed by atoms with Crippen molar-refractivity contribution in [2.24, 2.45) is 0 Å². The fourth-order valence-electron chi connectivity index (χ4n) is 1.99. The first-order valence-corrected chi connectivity index (χ1v) is 6.23. The molecule has 1 atom stereocenters. The number of nitrogens with zero attached hydrogens (tertiary/aromatic N) is 1. The van der Waals surface area contributed by atoms with E-state index in [9.17, 15) is 5.11 Å². The van der Waals surface area contributed by atoms with E-state index in [2.05, 4.69) is 4.98 Å². The van der Waals surface area contributed by atoms with Crippen LogP contribution < -0.4 is 10.5 Å². The van der Waals surface area contributed by atoms with Gasteiger partial charge in [0.05, 0.1) is 5.69 Å². The van der Waals surface area contributed by atoms with E-state index in [-0.39, 0.29) is 6.79 Å². The second kappa shape index (κ2) is 6.36. The molecule has 5 heteroatoms. The molecule has 0 fully saturated rings. The number of hydrogen-bond donors (Lipinski definition) is 2. The summed E-state index contributed by atoms with van der Waals surface area (Å²) in [6.45, 7) is 2.00. The monoisotopic (exact) mass is 274 g/mol. The Kier molecular flexibility index (Phi) is 4.55. The molecule has 5 nitrogen and oxygen atoms in total. The summed E-state index contributed by atoms with van der Waals surface area (Å²) < 4.78 is 10.3. The molecule has 1 aromatic carbocycles. The predicted octanol–water partition coefficient (Wildman–Crippen LogP) is 2.04. The van der Waals surface area contributed by atoms with Gasteiger partial charge in [-0.05, 0) is 36.2 Å². The summed E-state index contributed by atoms with van der Waals surface area (Å²) in [7, 11) is 1.54. The van der Waals surface area contributed by atoms with Crippen LogP contribution in [0.1, 0.15) is 22.8 Å². The maximum absolute atomic E-state index is 10.4. The predicted molar refractivity (Wildman–Crippen MR) is 76.4 cm³/mol. The highest BCUT2D eigenvalue weighted by Crippen LogP contribution is 2.32. The quantitative estimate of drug-likeness (QED) is 0.644. The van der Waals surface area contributed by atoms with Crippen LogP contribution in [0.2, 0.25) is 0 Å². The minimum atomic E-state index is -0.769. The molecule has 1 aromatic heterocycles. The minimum absolute atomic E-state index is 0.107. The third-order valence-corrected chi connectivity index (χ3v) is 3.03. The van der Waals surface area contributed by atoms with Gasteiger partial charge in [0.2, 0.25) is 0 Å². The van der Waals surface area contributed by atoms with Gasteiger partial charge in [0, 0.05) is 25.1 Å². The summed E-state index contributed by atoms with van der Waals surface area (Å²) in [4.78, 5) is 4.01. The average molecular weight is 274 g/mol. The van der Waals surface area contributed by atoms with E-state index in [0.29, 0.717) is 11.4 Å². The second-order valence-corrected chi connectivity index (χ2v) is 4.49. The number of hydrogen-bond acceptors (Lipinski definition) is 5. The number of rotatable bonds is 5. The van der Waals surface area contributed by atoms with Crippen LogP contribution in [0, 0.1) is 6.92 Å². The molecule has 3 N–H and O–H groups in total.